The minimum absolute atomic E-state index is 0.369. The third-order valence-corrected chi connectivity index (χ3v) is 4.20. The maximum absolute atomic E-state index is 8.06. The van der Waals surface area contributed by atoms with Crippen LogP contribution in [0.1, 0.15) is 19.8 Å². The molecule has 128 valence electrons. The highest BCUT2D eigenvalue weighted by molar-refractivity contribution is 6.32. The first-order valence-corrected chi connectivity index (χ1v) is 8.39. The summed E-state index contributed by atoms with van der Waals surface area (Å²) >= 11 is 6.21. The minimum Gasteiger partial charge on any atom is -0.354 e. The number of anilines is 1. The van der Waals surface area contributed by atoms with E-state index in [9.17, 15) is 0 Å². The van der Waals surface area contributed by atoms with E-state index >= 15 is 0 Å². The Hall–Kier alpha value is -1.98. The molecular formula is C18H24ClN5. The lowest BCUT2D eigenvalue weighted by Crippen LogP contribution is -2.27. The Kier molecular flexibility index (Phi) is 6.70. The van der Waals surface area contributed by atoms with Gasteiger partial charge in [-0.1, -0.05) is 41.9 Å². The molecule has 5 nitrogen and oxygen atoms in total. The van der Waals surface area contributed by atoms with Gasteiger partial charge in [0.2, 0.25) is 5.95 Å². The molecule has 2 rings (SSSR count). The Bertz CT molecular complexity index is 672. The summed E-state index contributed by atoms with van der Waals surface area (Å²) < 4.78 is 0. The molecule has 0 spiro atoms. The van der Waals surface area contributed by atoms with Crippen molar-refractivity contribution in [2.45, 2.75) is 25.8 Å². The minimum atomic E-state index is 0.369. The summed E-state index contributed by atoms with van der Waals surface area (Å²) in [5.74, 6) is 0.534. The number of aromatic nitrogens is 2. The smallest absolute Gasteiger partial charge is 0.223 e. The van der Waals surface area contributed by atoms with Gasteiger partial charge in [-0.15, -0.1) is 0 Å². The monoisotopic (exact) mass is 345 g/mol. The van der Waals surface area contributed by atoms with Crippen LogP contribution in [0.5, 0.6) is 0 Å². The van der Waals surface area contributed by atoms with Crippen molar-refractivity contribution in [3.05, 3.63) is 41.6 Å². The fourth-order valence-corrected chi connectivity index (χ4v) is 2.42. The zero-order valence-corrected chi connectivity index (χ0v) is 15.1. The van der Waals surface area contributed by atoms with Gasteiger partial charge in [0, 0.05) is 36.7 Å². The van der Waals surface area contributed by atoms with Gasteiger partial charge in [0.1, 0.15) is 0 Å². The molecule has 0 saturated heterocycles. The fourth-order valence-electron chi connectivity index (χ4n) is 2.22. The van der Waals surface area contributed by atoms with E-state index in [1.807, 2.05) is 44.4 Å². The number of hydrogen-bond donors (Lipinski definition) is 2. The second-order valence-corrected chi connectivity index (χ2v) is 6.46. The summed E-state index contributed by atoms with van der Waals surface area (Å²) in [6.45, 7) is 2.76. The number of rotatable bonds is 8. The SMILES string of the molecule is C[C@@H](CC(=N)CCNc1ncc(Cl)c(-c2ccccc2)n1)N(C)C. The lowest BCUT2D eigenvalue weighted by atomic mass is 10.1. The largest absolute Gasteiger partial charge is 0.354 e. The summed E-state index contributed by atoms with van der Waals surface area (Å²) in [5.41, 5.74) is 2.40. The zero-order valence-electron chi connectivity index (χ0n) is 14.4. The standard InChI is InChI=1S/C18H24ClN5/c1-13(24(2)3)11-15(20)9-10-21-18-22-12-16(19)17(23-18)14-7-5-4-6-8-14/h4-8,12-13,20H,9-11H2,1-3H3,(H,21,22,23)/t13-/m0/s1. The van der Waals surface area contributed by atoms with Gasteiger partial charge < -0.3 is 15.6 Å². The van der Waals surface area contributed by atoms with Crippen LogP contribution < -0.4 is 5.32 Å². The quantitative estimate of drug-likeness (QED) is 0.711. The Balaban J connectivity index is 1.93. The second kappa shape index (κ2) is 8.76. The fraction of sp³-hybridized carbons (Fsp3) is 0.389. The zero-order chi connectivity index (χ0) is 17.5. The third kappa shape index (κ3) is 5.28. The summed E-state index contributed by atoms with van der Waals surface area (Å²) in [6.07, 6.45) is 3.05. The van der Waals surface area contributed by atoms with Crippen molar-refractivity contribution in [2.24, 2.45) is 0 Å². The molecule has 0 bridgehead atoms. The van der Waals surface area contributed by atoms with Gasteiger partial charge in [-0.3, -0.25) is 0 Å². The lowest BCUT2D eigenvalue weighted by Gasteiger charge is -2.19. The molecule has 1 aromatic heterocycles. The van der Waals surface area contributed by atoms with Crippen LogP contribution in [0, 0.1) is 5.41 Å². The van der Waals surface area contributed by atoms with E-state index in [1.165, 1.54) is 0 Å². The van der Waals surface area contributed by atoms with Gasteiger partial charge >= 0.3 is 0 Å². The Morgan fingerprint density at radius 2 is 2.00 bits per heavy atom. The van der Waals surface area contributed by atoms with E-state index in [0.29, 0.717) is 35.7 Å². The summed E-state index contributed by atoms with van der Waals surface area (Å²) in [4.78, 5) is 10.8. The average molecular weight is 346 g/mol. The maximum atomic E-state index is 8.06. The van der Waals surface area contributed by atoms with Crippen LogP contribution in [0.25, 0.3) is 11.3 Å². The van der Waals surface area contributed by atoms with Gasteiger partial charge in [0.25, 0.3) is 0 Å². The van der Waals surface area contributed by atoms with Crippen LogP contribution >= 0.6 is 11.6 Å². The van der Waals surface area contributed by atoms with E-state index in [-0.39, 0.29) is 0 Å². The van der Waals surface area contributed by atoms with Crippen LogP contribution in [-0.2, 0) is 0 Å². The number of benzene rings is 1. The molecule has 24 heavy (non-hydrogen) atoms. The van der Waals surface area contributed by atoms with Gasteiger partial charge in [0.15, 0.2) is 0 Å². The Morgan fingerprint density at radius 1 is 1.29 bits per heavy atom. The summed E-state index contributed by atoms with van der Waals surface area (Å²) in [6, 6.07) is 10.2. The predicted octanol–water partition coefficient (Wildman–Crippen LogP) is 3.96. The molecule has 0 aliphatic rings. The first-order valence-electron chi connectivity index (χ1n) is 8.02. The first kappa shape index (κ1) is 18.4. The molecule has 6 heteroatoms. The molecule has 0 radical (unpaired) electrons. The molecule has 0 aliphatic heterocycles. The van der Waals surface area contributed by atoms with Crippen LogP contribution in [0.3, 0.4) is 0 Å². The van der Waals surface area contributed by atoms with Crippen molar-refractivity contribution in [1.82, 2.24) is 14.9 Å². The molecule has 0 fully saturated rings. The number of nitrogens with zero attached hydrogens (tertiary/aromatic N) is 3. The van der Waals surface area contributed by atoms with Crippen molar-refractivity contribution in [3.8, 4) is 11.3 Å². The van der Waals surface area contributed by atoms with Crippen molar-refractivity contribution < 1.29 is 0 Å². The lowest BCUT2D eigenvalue weighted by molar-refractivity contribution is 0.320. The number of halogens is 1. The molecule has 1 heterocycles. The van der Waals surface area contributed by atoms with Crippen LogP contribution in [0.2, 0.25) is 5.02 Å². The third-order valence-electron chi connectivity index (χ3n) is 3.92. The predicted molar refractivity (Wildman–Crippen MR) is 101 cm³/mol. The van der Waals surface area contributed by atoms with Crippen molar-refractivity contribution in [2.75, 3.05) is 26.0 Å². The van der Waals surface area contributed by atoms with Crippen molar-refractivity contribution in [3.63, 3.8) is 0 Å². The topological polar surface area (TPSA) is 64.9 Å². The van der Waals surface area contributed by atoms with Crippen molar-refractivity contribution >= 4 is 23.3 Å². The Morgan fingerprint density at radius 3 is 2.67 bits per heavy atom. The van der Waals surface area contributed by atoms with E-state index in [1.54, 1.807) is 6.20 Å². The molecule has 2 aromatic rings. The first-order chi connectivity index (χ1) is 11.5. The van der Waals surface area contributed by atoms with Crippen LogP contribution in [0.15, 0.2) is 36.5 Å². The van der Waals surface area contributed by atoms with Crippen molar-refractivity contribution in [1.29, 1.82) is 5.41 Å². The summed E-state index contributed by atoms with van der Waals surface area (Å²) in [7, 11) is 4.06. The molecule has 2 N–H and O–H groups in total. The Labute approximate surface area is 148 Å². The van der Waals surface area contributed by atoms with E-state index < -0.39 is 0 Å². The van der Waals surface area contributed by atoms with Crippen LogP contribution in [-0.4, -0.2) is 47.3 Å². The number of nitrogens with one attached hydrogen (secondary N) is 2. The highest BCUT2D eigenvalue weighted by Crippen LogP contribution is 2.25. The maximum Gasteiger partial charge on any atom is 0.223 e. The molecule has 0 amide bonds. The molecule has 1 aromatic carbocycles. The molecular weight excluding hydrogens is 322 g/mol. The van der Waals surface area contributed by atoms with Gasteiger partial charge in [-0.05, 0) is 21.0 Å². The second-order valence-electron chi connectivity index (χ2n) is 6.05. The normalized spacial score (nSPS) is 12.2. The highest BCUT2D eigenvalue weighted by Gasteiger charge is 2.10. The van der Waals surface area contributed by atoms with Crippen LogP contribution in [0.4, 0.5) is 5.95 Å². The van der Waals surface area contributed by atoms with Gasteiger partial charge in [-0.2, -0.15) is 0 Å². The van der Waals surface area contributed by atoms with Gasteiger partial charge in [0.05, 0.1) is 16.9 Å². The van der Waals surface area contributed by atoms with E-state index in [4.69, 9.17) is 17.0 Å². The average Bonchev–Trinajstić information content (AvgIpc) is 2.57. The van der Waals surface area contributed by atoms with Gasteiger partial charge in [-0.25, -0.2) is 9.97 Å². The molecule has 1 atom stereocenters. The molecule has 0 aliphatic carbocycles. The molecule has 0 saturated carbocycles. The van der Waals surface area contributed by atoms with E-state index in [0.717, 1.165) is 17.7 Å². The molecule has 0 unspecified atom stereocenters. The highest BCUT2D eigenvalue weighted by atomic mass is 35.5. The number of hydrogen-bond acceptors (Lipinski definition) is 5. The summed E-state index contributed by atoms with van der Waals surface area (Å²) in [5, 5.41) is 11.8. The van der Waals surface area contributed by atoms with E-state index in [2.05, 4.69) is 27.1 Å².